The summed E-state index contributed by atoms with van der Waals surface area (Å²) >= 11 is 0. The number of amides is 1. The monoisotopic (exact) mass is 486 g/mol. The Morgan fingerprint density at radius 3 is 2.67 bits per heavy atom. The minimum atomic E-state index is -1.09. The average Bonchev–Trinajstić information content (AvgIpc) is 3.48. The number of ether oxygens (including phenoxy) is 2. The van der Waals surface area contributed by atoms with E-state index in [2.05, 4.69) is 4.98 Å². The zero-order valence-electron chi connectivity index (χ0n) is 19.7. The number of benzene rings is 3. The Hall–Kier alpha value is -4.30. The lowest BCUT2D eigenvalue weighted by molar-refractivity contribution is 0.0682. The number of primary amides is 1. The number of aliphatic hydroxyl groups is 1. The van der Waals surface area contributed by atoms with Crippen LogP contribution in [-0.4, -0.2) is 46.9 Å². The Morgan fingerprint density at radius 2 is 1.94 bits per heavy atom. The summed E-state index contributed by atoms with van der Waals surface area (Å²) in [6.45, 7) is -0.207. The molecule has 1 unspecified atom stereocenters. The van der Waals surface area contributed by atoms with E-state index in [1.54, 1.807) is 13.2 Å². The van der Waals surface area contributed by atoms with Gasteiger partial charge in [-0.25, -0.2) is 4.79 Å². The maximum absolute atomic E-state index is 12.1. The molecular weight excluding hydrogens is 460 g/mol. The van der Waals surface area contributed by atoms with Crippen molar-refractivity contribution in [2.75, 3.05) is 13.7 Å². The van der Waals surface area contributed by atoms with Crippen LogP contribution in [-0.2, 0) is 12.8 Å². The molecule has 36 heavy (non-hydrogen) atoms. The fourth-order valence-corrected chi connectivity index (χ4v) is 4.98. The van der Waals surface area contributed by atoms with Crippen molar-refractivity contribution in [3.63, 3.8) is 0 Å². The summed E-state index contributed by atoms with van der Waals surface area (Å²) in [5.74, 6) is -1.08. The molecule has 8 nitrogen and oxygen atoms in total. The molecule has 5 N–H and O–H groups in total. The number of methoxy groups -OCH3 is 1. The summed E-state index contributed by atoms with van der Waals surface area (Å²) in [7, 11) is 1.58. The lowest BCUT2D eigenvalue weighted by Crippen LogP contribution is -2.30. The summed E-state index contributed by atoms with van der Waals surface area (Å²) in [6, 6.07) is 18.4. The van der Waals surface area contributed by atoms with Crippen molar-refractivity contribution in [3.05, 3.63) is 83.0 Å². The van der Waals surface area contributed by atoms with Crippen LogP contribution in [0, 0.1) is 5.92 Å². The highest BCUT2D eigenvalue weighted by Gasteiger charge is 2.35. The number of nitrogens with two attached hydrogens (primary N) is 1. The number of para-hydroxylation sites is 1. The first-order chi connectivity index (χ1) is 17.4. The second-order valence-corrected chi connectivity index (χ2v) is 8.94. The summed E-state index contributed by atoms with van der Waals surface area (Å²) in [5.41, 5.74) is 9.81. The molecule has 2 heterocycles. The second kappa shape index (κ2) is 9.39. The molecule has 8 heteroatoms. The molecule has 0 radical (unpaired) electrons. The summed E-state index contributed by atoms with van der Waals surface area (Å²) in [6.07, 6.45) is 0.285. The topological polar surface area (TPSA) is 135 Å². The number of fused-ring (bicyclic) bond motifs is 2. The predicted molar refractivity (Wildman–Crippen MR) is 135 cm³/mol. The fraction of sp³-hybridized carbons (Fsp3) is 0.214. The largest absolute Gasteiger partial charge is 0.497 e. The van der Waals surface area contributed by atoms with Gasteiger partial charge in [0.15, 0.2) is 0 Å². The number of carboxylic acids is 1. The van der Waals surface area contributed by atoms with Gasteiger partial charge in [0.2, 0.25) is 0 Å². The lowest BCUT2D eigenvalue weighted by atomic mass is 9.90. The van der Waals surface area contributed by atoms with Crippen molar-refractivity contribution in [1.82, 2.24) is 4.98 Å². The van der Waals surface area contributed by atoms with Gasteiger partial charge in [-0.2, -0.15) is 0 Å². The van der Waals surface area contributed by atoms with Gasteiger partial charge in [-0.15, -0.1) is 0 Å². The van der Waals surface area contributed by atoms with E-state index in [-0.39, 0.29) is 12.2 Å². The molecule has 3 aromatic carbocycles. The Balaban J connectivity index is 1.49. The number of H-pyrrole nitrogens is 1. The molecule has 0 fully saturated rings. The highest BCUT2D eigenvalue weighted by atomic mass is 16.5. The van der Waals surface area contributed by atoms with Gasteiger partial charge >= 0.3 is 5.97 Å². The van der Waals surface area contributed by atoms with Crippen molar-refractivity contribution < 1.29 is 29.3 Å². The van der Waals surface area contributed by atoms with Crippen LogP contribution in [0.1, 0.15) is 32.0 Å². The number of aliphatic hydroxyl groups excluding tert-OH is 1. The normalized spacial score (nSPS) is 15.3. The van der Waals surface area contributed by atoms with Gasteiger partial charge in [-0.3, -0.25) is 4.79 Å². The molecule has 0 saturated carbocycles. The quantitative estimate of drug-likeness (QED) is 0.299. The third-order valence-corrected chi connectivity index (χ3v) is 6.78. The number of hydrogen-bond acceptors (Lipinski definition) is 5. The molecule has 4 aromatic rings. The molecule has 184 valence electrons. The first-order valence-electron chi connectivity index (χ1n) is 11.6. The highest BCUT2D eigenvalue weighted by Crippen LogP contribution is 2.40. The van der Waals surface area contributed by atoms with E-state index in [0.29, 0.717) is 35.6 Å². The number of nitrogens with one attached hydrogen (secondary N) is 1. The Labute approximate surface area is 207 Å². The number of carbonyl (C=O) groups excluding carboxylic acids is 1. The van der Waals surface area contributed by atoms with Gasteiger partial charge in [-0.05, 0) is 59.0 Å². The minimum absolute atomic E-state index is 0.0643. The van der Waals surface area contributed by atoms with Crippen LogP contribution in [0.15, 0.2) is 60.7 Å². The van der Waals surface area contributed by atoms with Crippen molar-refractivity contribution >= 4 is 22.8 Å². The van der Waals surface area contributed by atoms with E-state index < -0.39 is 23.9 Å². The van der Waals surface area contributed by atoms with E-state index in [1.807, 2.05) is 54.6 Å². The van der Waals surface area contributed by atoms with Gasteiger partial charge in [-0.1, -0.05) is 30.3 Å². The van der Waals surface area contributed by atoms with Crippen LogP contribution >= 0.6 is 0 Å². The summed E-state index contributed by atoms with van der Waals surface area (Å²) in [4.78, 5) is 27.3. The number of hydrogen-bond donors (Lipinski definition) is 4. The second-order valence-electron chi connectivity index (χ2n) is 8.94. The number of aromatic nitrogens is 1. The van der Waals surface area contributed by atoms with Crippen LogP contribution in [0.25, 0.3) is 22.0 Å². The Bertz CT molecular complexity index is 1470. The number of aromatic carboxylic acids is 1. The molecule has 0 aliphatic carbocycles. The maximum Gasteiger partial charge on any atom is 0.339 e. The van der Waals surface area contributed by atoms with Crippen molar-refractivity contribution in [3.8, 4) is 22.6 Å². The van der Waals surface area contributed by atoms with E-state index in [9.17, 15) is 19.8 Å². The van der Waals surface area contributed by atoms with Gasteiger partial charge < -0.3 is 30.4 Å². The standard InChI is InChI=1S/C28H26N2O6/c1-35-19-6-4-5-15(10-19)16-9-17-13-24(36-26(17)22(11-16)28(33)34)18(14-31)12-21-20-7-2-3-8-23(20)30-25(21)27(29)32/h2-11,18,24,30-31H,12-14H2,1H3,(H2,29,32)(H,33,34)/t18-,24?/m1/s1. The molecule has 1 aliphatic heterocycles. The SMILES string of the molecule is COc1cccc(-c2cc3c(c(C(=O)O)c2)OC([C@@H](CO)Cc2c(C(N)=O)[nH]c4ccccc24)C3)c1. The van der Waals surface area contributed by atoms with E-state index in [1.165, 1.54) is 0 Å². The molecule has 1 aromatic heterocycles. The molecule has 0 spiro atoms. The number of aromatic amines is 1. The van der Waals surface area contributed by atoms with Crippen LogP contribution in [0.4, 0.5) is 0 Å². The molecule has 2 atom stereocenters. The average molecular weight is 487 g/mol. The van der Waals surface area contributed by atoms with Crippen molar-refractivity contribution in [2.24, 2.45) is 11.7 Å². The fourth-order valence-electron chi connectivity index (χ4n) is 4.98. The first kappa shape index (κ1) is 23.4. The zero-order valence-corrected chi connectivity index (χ0v) is 19.7. The molecule has 1 amide bonds. The van der Waals surface area contributed by atoms with Crippen LogP contribution in [0.2, 0.25) is 0 Å². The van der Waals surface area contributed by atoms with Crippen molar-refractivity contribution in [1.29, 1.82) is 0 Å². The summed E-state index contributed by atoms with van der Waals surface area (Å²) < 4.78 is 11.5. The molecular formula is C28H26N2O6. The van der Waals surface area contributed by atoms with E-state index in [0.717, 1.165) is 27.6 Å². The number of carbonyl (C=O) groups is 2. The lowest BCUT2D eigenvalue weighted by Gasteiger charge is -2.22. The molecule has 0 bridgehead atoms. The van der Waals surface area contributed by atoms with Gasteiger partial charge in [0.05, 0.1) is 7.11 Å². The molecule has 0 saturated heterocycles. The third-order valence-electron chi connectivity index (χ3n) is 6.78. The highest BCUT2D eigenvalue weighted by molar-refractivity contribution is 6.00. The predicted octanol–water partition coefficient (Wildman–Crippen LogP) is 3.80. The summed E-state index contributed by atoms with van der Waals surface area (Å²) in [5, 5.41) is 21.1. The third kappa shape index (κ3) is 4.16. The minimum Gasteiger partial charge on any atom is -0.497 e. The van der Waals surface area contributed by atoms with Crippen LogP contribution in [0.5, 0.6) is 11.5 Å². The van der Waals surface area contributed by atoms with Gasteiger partial charge in [0.1, 0.15) is 28.9 Å². The Kier molecular flexibility index (Phi) is 6.12. The smallest absolute Gasteiger partial charge is 0.339 e. The molecule has 5 rings (SSSR count). The maximum atomic E-state index is 12.1. The molecule has 1 aliphatic rings. The van der Waals surface area contributed by atoms with Gasteiger partial charge in [0, 0.05) is 29.8 Å². The van der Waals surface area contributed by atoms with Crippen LogP contribution in [0.3, 0.4) is 0 Å². The van der Waals surface area contributed by atoms with Crippen LogP contribution < -0.4 is 15.2 Å². The van der Waals surface area contributed by atoms with E-state index in [4.69, 9.17) is 15.2 Å². The van der Waals surface area contributed by atoms with E-state index >= 15 is 0 Å². The Morgan fingerprint density at radius 1 is 1.14 bits per heavy atom. The number of carboxylic acid groups (broad SMARTS) is 1. The first-order valence-corrected chi connectivity index (χ1v) is 11.6. The number of rotatable bonds is 8. The zero-order chi connectivity index (χ0) is 25.4. The van der Waals surface area contributed by atoms with Crippen molar-refractivity contribution in [2.45, 2.75) is 18.9 Å². The van der Waals surface area contributed by atoms with Gasteiger partial charge in [0.25, 0.3) is 5.91 Å².